The number of anilines is 1. The van der Waals surface area contributed by atoms with Crippen LogP contribution in [0.25, 0.3) is 0 Å². The SMILES string of the molecule is CO[C@]1(CN)CC[C@H](NC(=N)c2ccc3c(c2)CC[C@H]([C@](C)(O/N=C(\C(=O)N[C@@H]2C(=O)N(OS(=O)(=O)O)C2(C)C)c2csc(N)n2)C(=O)O)O3)CC1. The number of amidine groups is 1. The standard InChI is InChI=1S/C31H42N8O11S2/c1-29(2)23(26(41)39(29)50-52(44,45)46)37-25(40)22(19-14-51-28(34)36-19)38-49-30(3,27(42)43)21-8-6-16-13-17(5-7-20(16)48-21)24(33)35-18-9-11-31(15-32,47-4)12-10-18/h5,7,13-14,18,21,23H,6,8-12,15,32H2,1-4H3,(H2,33,35)(H2,34,36)(H,37,40)(H,42,43)(H,44,45,46)/b38-22-/t18-,21-,23-,30+,31+/m1/s1. The summed E-state index contributed by atoms with van der Waals surface area (Å²) >= 11 is 0.961. The summed E-state index contributed by atoms with van der Waals surface area (Å²) < 4.78 is 47.5. The summed E-state index contributed by atoms with van der Waals surface area (Å²) in [6.07, 6.45) is 2.66. The lowest BCUT2D eigenvalue weighted by molar-refractivity contribution is -0.218. The van der Waals surface area contributed by atoms with E-state index in [4.69, 9.17) is 35.7 Å². The number of hydroxylamine groups is 2. The number of methoxy groups -OCH3 is 1. The number of thiazole rings is 1. The molecule has 1 aliphatic carbocycles. The summed E-state index contributed by atoms with van der Waals surface area (Å²) in [4.78, 5) is 48.5. The number of fused-ring (bicyclic) bond motifs is 1. The highest BCUT2D eigenvalue weighted by molar-refractivity contribution is 7.80. The van der Waals surface area contributed by atoms with Gasteiger partial charge in [0.1, 0.15) is 23.3 Å². The first-order valence-electron chi connectivity index (χ1n) is 16.3. The predicted octanol–water partition coefficient (Wildman–Crippen LogP) is 0.725. The van der Waals surface area contributed by atoms with E-state index in [1.807, 2.05) is 6.07 Å². The molecular formula is C31H42N8O11S2. The van der Waals surface area contributed by atoms with Gasteiger partial charge < -0.3 is 41.5 Å². The molecule has 19 nitrogen and oxygen atoms in total. The first kappa shape index (κ1) is 38.8. The molecule has 2 fully saturated rings. The van der Waals surface area contributed by atoms with E-state index in [2.05, 4.69) is 25.1 Å². The summed E-state index contributed by atoms with van der Waals surface area (Å²) in [5, 5.41) is 30.4. The van der Waals surface area contributed by atoms with Crippen LogP contribution in [-0.2, 0) is 45.1 Å². The second-order valence-corrected chi connectivity index (χ2v) is 15.5. The summed E-state index contributed by atoms with van der Waals surface area (Å²) in [6, 6.07) is 3.93. The molecule has 1 saturated carbocycles. The van der Waals surface area contributed by atoms with Crippen molar-refractivity contribution in [3.8, 4) is 5.75 Å². The highest BCUT2D eigenvalue weighted by atomic mass is 32.3. The molecule has 9 N–H and O–H groups in total. The molecule has 1 saturated heterocycles. The lowest BCUT2D eigenvalue weighted by Gasteiger charge is -2.50. The number of hydrogen-bond acceptors (Lipinski definition) is 15. The van der Waals surface area contributed by atoms with Crippen LogP contribution in [-0.4, -0.2) is 106 Å². The number of nitrogens with one attached hydrogen (secondary N) is 3. The number of aryl methyl sites for hydroxylation is 1. The number of nitrogens with zero attached hydrogens (tertiary/aromatic N) is 3. The predicted molar refractivity (Wildman–Crippen MR) is 186 cm³/mol. The quantitative estimate of drug-likeness (QED) is 0.0486. The third-order valence-electron chi connectivity index (χ3n) is 9.81. The summed E-state index contributed by atoms with van der Waals surface area (Å²) in [6.45, 7) is 4.41. The topological polar surface area (TPSA) is 291 Å². The number of amides is 2. The first-order valence-corrected chi connectivity index (χ1v) is 18.5. The molecule has 0 spiro atoms. The van der Waals surface area contributed by atoms with Crippen molar-refractivity contribution in [2.45, 2.75) is 94.2 Å². The molecular weight excluding hydrogens is 725 g/mol. The lowest BCUT2D eigenvalue weighted by Crippen LogP contribution is -2.76. The van der Waals surface area contributed by atoms with Crippen LogP contribution in [0.2, 0.25) is 0 Å². The van der Waals surface area contributed by atoms with Crippen LogP contribution >= 0.6 is 11.3 Å². The normalized spacial score (nSPS) is 25.5. The van der Waals surface area contributed by atoms with Gasteiger partial charge in [0.05, 0.1) is 11.1 Å². The Morgan fingerprint density at radius 1 is 1.25 bits per heavy atom. The van der Waals surface area contributed by atoms with E-state index in [9.17, 15) is 27.9 Å². The van der Waals surface area contributed by atoms with E-state index in [-0.39, 0.29) is 34.7 Å². The largest absolute Gasteiger partial charge is 0.485 e. The van der Waals surface area contributed by atoms with Crippen LogP contribution in [0.1, 0.15) is 69.7 Å². The van der Waals surface area contributed by atoms with E-state index < -0.39 is 57.2 Å². The van der Waals surface area contributed by atoms with Crippen LogP contribution in [0.4, 0.5) is 5.13 Å². The van der Waals surface area contributed by atoms with Gasteiger partial charge in [-0.05, 0) is 83.1 Å². The van der Waals surface area contributed by atoms with E-state index in [0.717, 1.165) is 42.6 Å². The summed E-state index contributed by atoms with van der Waals surface area (Å²) in [5.41, 5.74) is 8.57. The zero-order valence-electron chi connectivity index (χ0n) is 28.9. The molecule has 1 aromatic heterocycles. The maximum absolute atomic E-state index is 13.5. The molecule has 3 heterocycles. The van der Waals surface area contributed by atoms with Crippen LogP contribution < -0.4 is 26.8 Å². The number of carboxylic acid groups (broad SMARTS) is 1. The Bertz CT molecular complexity index is 1870. The number of aliphatic carboxylic acids is 1. The van der Waals surface area contributed by atoms with Crippen LogP contribution in [0.5, 0.6) is 5.75 Å². The number of hydrogen-bond donors (Lipinski definition) is 7. The average Bonchev–Trinajstić information content (AvgIpc) is 3.54. The second kappa shape index (κ2) is 14.5. The Kier molecular flexibility index (Phi) is 10.9. The minimum atomic E-state index is -5.04. The van der Waals surface area contributed by atoms with Crippen molar-refractivity contribution in [2.24, 2.45) is 10.9 Å². The fraction of sp³-hybridized carbons (Fsp3) is 0.548. The van der Waals surface area contributed by atoms with E-state index in [1.54, 1.807) is 19.2 Å². The van der Waals surface area contributed by atoms with Crippen molar-refractivity contribution >= 4 is 56.2 Å². The maximum atomic E-state index is 13.5. The molecule has 3 atom stereocenters. The number of nitrogens with two attached hydrogens (primary N) is 2. The fourth-order valence-electron chi connectivity index (χ4n) is 6.40. The number of aromatic nitrogens is 1. The van der Waals surface area contributed by atoms with Gasteiger partial charge in [0.25, 0.3) is 17.4 Å². The number of rotatable bonds is 13. The van der Waals surface area contributed by atoms with E-state index in [1.165, 1.54) is 26.2 Å². The zero-order valence-corrected chi connectivity index (χ0v) is 30.5. The molecule has 52 heavy (non-hydrogen) atoms. The van der Waals surface area contributed by atoms with Gasteiger partial charge in [0.2, 0.25) is 0 Å². The first-order chi connectivity index (χ1) is 24.3. The smallest absolute Gasteiger partial charge is 0.418 e. The van der Waals surface area contributed by atoms with Crippen molar-refractivity contribution in [3.63, 3.8) is 0 Å². The third kappa shape index (κ3) is 7.83. The minimum absolute atomic E-state index is 0.0533. The van der Waals surface area contributed by atoms with Gasteiger partial charge in [-0.15, -0.1) is 15.6 Å². The highest BCUT2D eigenvalue weighted by Gasteiger charge is 2.58. The monoisotopic (exact) mass is 766 g/mol. The molecule has 1 aromatic carbocycles. The van der Waals surface area contributed by atoms with Crippen LogP contribution in [0.15, 0.2) is 28.7 Å². The summed E-state index contributed by atoms with van der Waals surface area (Å²) in [5.74, 6) is -2.83. The van der Waals surface area contributed by atoms with E-state index in [0.29, 0.717) is 29.3 Å². The van der Waals surface area contributed by atoms with Gasteiger partial charge in [0.15, 0.2) is 16.9 Å². The average molecular weight is 767 g/mol. The number of carboxylic acids is 1. The zero-order chi connectivity index (χ0) is 38.2. The van der Waals surface area contributed by atoms with Gasteiger partial charge in [-0.25, -0.2) is 9.78 Å². The van der Waals surface area contributed by atoms with Gasteiger partial charge in [-0.2, -0.15) is 13.5 Å². The number of benzene rings is 1. The van der Waals surface area contributed by atoms with Crippen molar-refractivity contribution < 1.29 is 51.1 Å². The van der Waals surface area contributed by atoms with Crippen molar-refractivity contribution in [1.82, 2.24) is 20.7 Å². The van der Waals surface area contributed by atoms with Gasteiger partial charge in [-0.1, -0.05) is 5.16 Å². The number of carbonyl (C=O) groups is 3. The molecule has 2 aromatic rings. The van der Waals surface area contributed by atoms with Crippen molar-refractivity contribution in [3.05, 3.63) is 40.4 Å². The Morgan fingerprint density at radius 3 is 2.50 bits per heavy atom. The second-order valence-electron chi connectivity index (χ2n) is 13.6. The van der Waals surface area contributed by atoms with Gasteiger partial charge >= 0.3 is 16.4 Å². The van der Waals surface area contributed by atoms with Gasteiger partial charge in [0, 0.05) is 30.6 Å². The Labute approximate surface area is 303 Å². The molecule has 0 unspecified atom stereocenters. The van der Waals surface area contributed by atoms with E-state index >= 15 is 0 Å². The number of carbonyl (C=O) groups excluding carboxylic acids is 2. The molecule has 0 bridgehead atoms. The number of β-lactam (4-membered cyclic amide) rings is 1. The molecule has 21 heteroatoms. The van der Waals surface area contributed by atoms with Crippen LogP contribution in [0, 0.1) is 5.41 Å². The highest BCUT2D eigenvalue weighted by Crippen LogP contribution is 2.36. The fourth-order valence-corrected chi connectivity index (χ4v) is 7.40. The molecule has 3 aliphatic rings. The molecule has 284 valence electrons. The molecule has 0 radical (unpaired) electrons. The molecule has 2 amide bonds. The molecule has 5 rings (SSSR count). The van der Waals surface area contributed by atoms with Gasteiger partial charge in [-0.3, -0.25) is 19.6 Å². The Balaban J connectivity index is 1.29. The molecule has 2 aliphatic heterocycles. The van der Waals surface area contributed by atoms with Crippen molar-refractivity contribution in [1.29, 1.82) is 5.41 Å². The number of ether oxygens (including phenoxy) is 2. The van der Waals surface area contributed by atoms with Crippen LogP contribution in [0.3, 0.4) is 0 Å². The third-order valence-corrected chi connectivity index (χ3v) is 10.8. The summed E-state index contributed by atoms with van der Waals surface area (Å²) in [7, 11) is -3.37. The number of nitrogen functional groups attached to an aromatic ring is 1. The van der Waals surface area contributed by atoms with Crippen molar-refractivity contribution in [2.75, 3.05) is 19.4 Å². The maximum Gasteiger partial charge on any atom is 0.418 e. The Morgan fingerprint density at radius 2 is 1.94 bits per heavy atom. The Hall–Kier alpha value is -4.41. The number of oxime groups is 1. The minimum Gasteiger partial charge on any atom is -0.485 e. The lowest BCUT2D eigenvalue weighted by atomic mass is 9.82.